The number of benzene rings is 3. The number of fused-ring (bicyclic) bond motifs is 1. The number of rotatable bonds is 10. The van der Waals surface area contributed by atoms with Crippen LogP contribution in [0.5, 0.6) is 17.2 Å². The van der Waals surface area contributed by atoms with Crippen molar-refractivity contribution in [3.63, 3.8) is 0 Å². The fourth-order valence-corrected chi connectivity index (χ4v) is 4.91. The van der Waals surface area contributed by atoms with Gasteiger partial charge in [-0.05, 0) is 23.8 Å². The van der Waals surface area contributed by atoms with E-state index in [9.17, 15) is 9.59 Å². The largest absolute Gasteiger partial charge is 0.493 e. The van der Waals surface area contributed by atoms with Crippen molar-refractivity contribution in [3.8, 4) is 17.2 Å². The van der Waals surface area contributed by atoms with Crippen LogP contribution in [0.25, 0.3) is 10.9 Å². The maximum absolute atomic E-state index is 13.4. The van der Waals surface area contributed by atoms with Gasteiger partial charge in [-0.2, -0.15) is 0 Å². The van der Waals surface area contributed by atoms with Gasteiger partial charge in [0.25, 0.3) is 5.56 Å². The molecule has 1 heterocycles. The van der Waals surface area contributed by atoms with Crippen molar-refractivity contribution in [2.45, 2.75) is 18.1 Å². The van der Waals surface area contributed by atoms with Gasteiger partial charge in [0.1, 0.15) is 0 Å². The van der Waals surface area contributed by atoms with E-state index in [2.05, 4.69) is 5.32 Å². The minimum Gasteiger partial charge on any atom is -0.493 e. The first-order valence-electron chi connectivity index (χ1n) is 11.4. The Balaban J connectivity index is 1.52. The van der Waals surface area contributed by atoms with Crippen molar-refractivity contribution in [1.29, 1.82) is 0 Å². The van der Waals surface area contributed by atoms with Crippen LogP contribution in [0.2, 0.25) is 5.02 Å². The highest BCUT2D eigenvalue weighted by Crippen LogP contribution is 2.40. The minimum atomic E-state index is -0.202. The highest BCUT2D eigenvalue weighted by atomic mass is 35.5. The van der Waals surface area contributed by atoms with E-state index in [4.69, 9.17) is 30.8 Å². The van der Waals surface area contributed by atoms with Gasteiger partial charge in [-0.25, -0.2) is 4.98 Å². The summed E-state index contributed by atoms with van der Waals surface area (Å²) >= 11 is 7.48. The zero-order chi connectivity index (χ0) is 26.4. The van der Waals surface area contributed by atoms with Crippen molar-refractivity contribution in [3.05, 3.63) is 81.6 Å². The number of nitrogens with one attached hydrogen (secondary N) is 1. The summed E-state index contributed by atoms with van der Waals surface area (Å²) in [5.41, 5.74) is 1.87. The molecule has 192 valence electrons. The highest BCUT2D eigenvalue weighted by molar-refractivity contribution is 7.99. The molecule has 8 nitrogen and oxygen atoms in total. The van der Waals surface area contributed by atoms with Gasteiger partial charge in [-0.15, -0.1) is 0 Å². The summed E-state index contributed by atoms with van der Waals surface area (Å²) < 4.78 is 17.6. The van der Waals surface area contributed by atoms with Gasteiger partial charge in [-0.3, -0.25) is 14.2 Å². The summed E-state index contributed by atoms with van der Waals surface area (Å²) in [6.07, 6.45) is 0.196. The summed E-state index contributed by atoms with van der Waals surface area (Å²) in [4.78, 5) is 30.8. The summed E-state index contributed by atoms with van der Waals surface area (Å²) in [5.74, 6) is 1.54. The second-order valence-electron chi connectivity index (χ2n) is 7.99. The van der Waals surface area contributed by atoms with Crippen LogP contribution in [0.4, 0.5) is 5.69 Å². The van der Waals surface area contributed by atoms with Crippen molar-refractivity contribution in [2.75, 3.05) is 32.4 Å². The molecule has 4 aromatic rings. The number of amides is 1. The zero-order valence-electron chi connectivity index (χ0n) is 20.6. The van der Waals surface area contributed by atoms with Crippen LogP contribution in [-0.2, 0) is 11.3 Å². The van der Waals surface area contributed by atoms with Gasteiger partial charge in [0.2, 0.25) is 11.7 Å². The molecule has 3 aromatic carbocycles. The molecule has 1 aromatic heterocycles. The van der Waals surface area contributed by atoms with E-state index in [-0.39, 0.29) is 17.9 Å². The summed E-state index contributed by atoms with van der Waals surface area (Å²) in [7, 11) is 4.54. The fourth-order valence-electron chi connectivity index (χ4n) is 3.80. The third-order valence-electron chi connectivity index (χ3n) is 5.57. The molecule has 4 rings (SSSR count). The predicted molar refractivity (Wildman–Crippen MR) is 147 cm³/mol. The predicted octanol–water partition coefficient (Wildman–Crippen LogP) is 5.24. The van der Waals surface area contributed by atoms with E-state index < -0.39 is 0 Å². The Bertz CT molecular complexity index is 1450. The summed E-state index contributed by atoms with van der Waals surface area (Å²) in [5, 5.41) is 4.32. The molecule has 1 amide bonds. The van der Waals surface area contributed by atoms with Gasteiger partial charge in [0, 0.05) is 35.0 Å². The van der Waals surface area contributed by atoms with E-state index >= 15 is 0 Å². The molecule has 37 heavy (non-hydrogen) atoms. The number of nitrogens with zero attached hydrogens (tertiary/aromatic N) is 2. The smallest absolute Gasteiger partial charge is 0.262 e. The molecule has 0 aliphatic carbocycles. The number of anilines is 1. The minimum absolute atomic E-state index is 0.180. The second-order valence-corrected chi connectivity index (χ2v) is 9.49. The van der Waals surface area contributed by atoms with Gasteiger partial charge < -0.3 is 19.5 Å². The van der Waals surface area contributed by atoms with Crippen molar-refractivity contribution >= 4 is 45.9 Å². The maximum atomic E-state index is 13.4. The van der Waals surface area contributed by atoms with Crippen LogP contribution < -0.4 is 25.1 Å². The lowest BCUT2D eigenvalue weighted by Gasteiger charge is -2.15. The molecule has 1 N–H and O–H groups in total. The number of carbonyl (C=O) groups is 1. The standard InChI is InChI=1S/C27H26ClN3O5S/c1-34-22-14-19(15-23(35-2)25(22)36-3)29-24(32)11-12-37-27-30-21-10-9-18(28)13-20(21)26(33)31(27)16-17-7-5-4-6-8-17/h4-10,13-15H,11-12,16H2,1-3H3,(H,29,32). The number of carbonyl (C=O) groups excluding carboxylic acids is 1. The van der Waals surface area contributed by atoms with Crippen LogP contribution in [0.1, 0.15) is 12.0 Å². The number of ether oxygens (including phenoxy) is 3. The Hall–Kier alpha value is -3.69. The fraction of sp³-hybridized carbons (Fsp3) is 0.222. The second kappa shape index (κ2) is 12.0. The SMILES string of the molecule is COc1cc(NC(=O)CCSc2nc3ccc(Cl)cc3c(=O)n2Cc2ccccc2)cc(OC)c1OC. The van der Waals surface area contributed by atoms with Gasteiger partial charge >= 0.3 is 0 Å². The first-order chi connectivity index (χ1) is 17.9. The molecule has 0 aliphatic rings. The molecule has 0 atom stereocenters. The molecular weight excluding hydrogens is 514 g/mol. The van der Waals surface area contributed by atoms with Crippen LogP contribution >= 0.6 is 23.4 Å². The third-order valence-corrected chi connectivity index (χ3v) is 6.79. The highest BCUT2D eigenvalue weighted by Gasteiger charge is 2.16. The molecule has 0 fully saturated rings. The molecule has 0 saturated heterocycles. The number of methoxy groups -OCH3 is 3. The lowest BCUT2D eigenvalue weighted by molar-refractivity contribution is -0.115. The molecule has 0 unspecified atom stereocenters. The van der Waals surface area contributed by atoms with Gasteiger partial charge in [0.15, 0.2) is 16.7 Å². The average molecular weight is 540 g/mol. The van der Waals surface area contributed by atoms with Crippen molar-refractivity contribution in [2.24, 2.45) is 0 Å². The molecule has 0 saturated carbocycles. The zero-order valence-corrected chi connectivity index (χ0v) is 22.2. The molecule has 0 bridgehead atoms. The first kappa shape index (κ1) is 26.4. The molecule has 0 radical (unpaired) electrons. The summed E-state index contributed by atoms with van der Waals surface area (Å²) in [6.45, 7) is 0.356. The van der Waals surface area contributed by atoms with Gasteiger partial charge in [-0.1, -0.05) is 53.7 Å². The number of halogens is 1. The van der Waals surface area contributed by atoms with Crippen LogP contribution in [0, 0.1) is 0 Å². The summed E-state index contributed by atoms with van der Waals surface area (Å²) in [6, 6.07) is 18.1. The van der Waals surface area contributed by atoms with Gasteiger partial charge in [0.05, 0.1) is 38.8 Å². The van der Waals surface area contributed by atoms with Crippen molar-refractivity contribution < 1.29 is 19.0 Å². The van der Waals surface area contributed by atoms with E-state index in [1.54, 1.807) is 34.9 Å². The lowest BCUT2D eigenvalue weighted by Crippen LogP contribution is -2.24. The number of hydrogen-bond acceptors (Lipinski definition) is 7. The Labute approximate surface area is 223 Å². The van der Waals surface area contributed by atoms with E-state index in [0.29, 0.717) is 56.3 Å². The maximum Gasteiger partial charge on any atom is 0.262 e. The number of hydrogen-bond donors (Lipinski definition) is 1. The average Bonchev–Trinajstić information content (AvgIpc) is 2.91. The molecule has 10 heteroatoms. The van der Waals surface area contributed by atoms with Crippen molar-refractivity contribution in [1.82, 2.24) is 9.55 Å². The van der Waals surface area contributed by atoms with Crippen LogP contribution in [-0.4, -0.2) is 42.5 Å². The monoisotopic (exact) mass is 539 g/mol. The molecular formula is C27H26ClN3O5S. The van der Waals surface area contributed by atoms with Crippen LogP contribution in [0.15, 0.2) is 70.6 Å². The third kappa shape index (κ3) is 6.18. The number of aromatic nitrogens is 2. The Kier molecular flexibility index (Phi) is 8.58. The number of thioether (sulfide) groups is 1. The van der Waals surface area contributed by atoms with E-state index in [1.165, 1.54) is 33.1 Å². The molecule has 0 spiro atoms. The Morgan fingerprint density at radius 3 is 2.35 bits per heavy atom. The lowest BCUT2D eigenvalue weighted by atomic mass is 10.2. The Morgan fingerprint density at radius 1 is 1.00 bits per heavy atom. The first-order valence-corrected chi connectivity index (χ1v) is 12.8. The van der Waals surface area contributed by atoms with Crippen LogP contribution in [0.3, 0.4) is 0 Å². The normalized spacial score (nSPS) is 10.8. The topological polar surface area (TPSA) is 91.7 Å². The molecule has 0 aliphatic heterocycles. The van der Waals surface area contributed by atoms with E-state index in [0.717, 1.165) is 5.56 Å². The van der Waals surface area contributed by atoms with E-state index in [1.807, 2.05) is 30.3 Å². The Morgan fingerprint density at radius 2 is 1.70 bits per heavy atom. The quantitative estimate of drug-likeness (QED) is 0.217.